The number of nitrogens with zero attached hydrogens (tertiary/aromatic N) is 1. The van der Waals surface area contributed by atoms with Crippen LogP contribution in [0.15, 0.2) is 24.3 Å². The molecule has 1 aromatic rings. The molecule has 1 atom stereocenters. The van der Waals surface area contributed by atoms with Crippen LogP contribution in [0.3, 0.4) is 0 Å². The summed E-state index contributed by atoms with van der Waals surface area (Å²) in [5, 5.41) is 11.2. The minimum absolute atomic E-state index is 0.139. The van der Waals surface area contributed by atoms with Crippen molar-refractivity contribution in [1.29, 1.82) is 5.26 Å². The SMILES string of the molecule is COc1ccc(C(=O)NC(C)CC#N)cc1. The van der Waals surface area contributed by atoms with Gasteiger partial charge in [-0.05, 0) is 31.2 Å². The number of benzene rings is 1. The lowest BCUT2D eigenvalue weighted by atomic mass is 10.2. The van der Waals surface area contributed by atoms with Gasteiger partial charge in [-0.15, -0.1) is 0 Å². The predicted molar refractivity (Wildman–Crippen MR) is 60.2 cm³/mol. The maximum Gasteiger partial charge on any atom is 0.251 e. The van der Waals surface area contributed by atoms with Crippen molar-refractivity contribution in [2.75, 3.05) is 7.11 Å². The summed E-state index contributed by atoms with van der Waals surface area (Å²) in [6.07, 6.45) is 0.307. The number of nitriles is 1. The highest BCUT2D eigenvalue weighted by Crippen LogP contribution is 2.11. The molecule has 1 unspecified atom stereocenters. The Bertz CT molecular complexity index is 392. The van der Waals surface area contributed by atoms with Gasteiger partial charge in [-0.3, -0.25) is 4.79 Å². The van der Waals surface area contributed by atoms with E-state index < -0.39 is 0 Å². The second-order valence-electron chi connectivity index (χ2n) is 3.47. The summed E-state index contributed by atoms with van der Waals surface area (Å²) in [5.74, 6) is 0.534. The highest BCUT2D eigenvalue weighted by atomic mass is 16.5. The molecule has 4 nitrogen and oxygen atoms in total. The summed E-state index contributed by atoms with van der Waals surface area (Å²) in [6.45, 7) is 1.80. The van der Waals surface area contributed by atoms with Crippen LogP contribution in [-0.2, 0) is 0 Å². The van der Waals surface area contributed by atoms with Crippen LogP contribution in [-0.4, -0.2) is 19.1 Å². The Morgan fingerprint density at radius 2 is 2.12 bits per heavy atom. The molecular formula is C12H14N2O2. The molecule has 0 radical (unpaired) electrons. The zero-order valence-electron chi connectivity index (χ0n) is 9.36. The molecule has 84 valence electrons. The van der Waals surface area contributed by atoms with E-state index in [0.717, 1.165) is 0 Å². The Balaban J connectivity index is 2.63. The summed E-state index contributed by atoms with van der Waals surface area (Å²) in [7, 11) is 1.57. The molecule has 1 rings (SSSR count). The molecule has 1 N–H and O–H groups in total. The third kappa shape index (κ3) is 3.28. The second kappa shape index (κ2) is 5.76. The minimum atomic E-state index is -0.176. The van der Waals surface area contributed by atoms with E-state index in [1.807, 2.05) is 6.07 Å². The number of hydrogen-bond donors (Lipinski definition) is 1. The Labute approximate surface area is 94.8 Å². The van der Waals surface area contributed by atoms with E-state index in [4.69, 9.17) is 10.00 Å². The molecule has 1 aromatic carbocycles. The lowest BCUT2D eigenvalue weighted by molar-refractivity contribution is 0.0941. The summed E-state index contributed by atoms with van der Waals surface area (Å²) < 4.78 is 4.99. The van der Waals surface area contributed by atoms with Crippen LogP contribution in [0.4, 0.5) is 0 Å². The molecule has 0 aromatic heterocycles. The first-order valence-corrected chi connectivity index (χ1v) is 4.99. The first-order chi connectivity index (χ1) is 7.67. The third-order valence-corrected chi connectivity index (χ3v) is 2.13. The molecule has 0 saturated carbocycles. The largest absolute Gasteiger partial charge is 0.497 e. The van der Waals surface area contributed by atoms with Gasteiger partial charge in [-0.25, -0.2) is 0 Å². The molecule has 0 heterocycles. The average molecular weight is 218 g/mol. The van der Waals surface area contributed by atoms with Crippen molar-refractivity contribution in [1.82, 2.24) is 5.32 Å². The van der Waals surface area contributed by atoms with E-state index in [-0.39, 0.29) is 11.9 Å². The van der Waals surface area contributed by atoms with Gasteiger partial charge in [0.05, 0.1) is 19.6 Å². The molecule has 1 amide bonds. The standard InChI is InChI=1S/C12H14N2O2/c1-9(7-8-13)14-12(15)10-3-5-11(16-2)6-4-10/h3-6,9H,7H2,1-2H3,(H,14,15). The summed E-state index contributed by atoms with van der Waals surface area (Å²) in [6, 6.07) is 8.70. The molecule has 0 aliphatic carbocycles. The van der Waals surface area contributed by atoms with Crippen LogP contribution in [0, 0.1) is 11.3 Å². The van der Waals surface area contributed by atoms with Crippen LogP contribution >= 0.6 is 0 Å². The van der Waals surface area contributed by atoms with Crippen molar-refractivity contribution >= 4 is 5.91 Å². The van der Waals surface area contributed by atoms with E-state index in [1.54, 1.807) is 38.3 Å². The van der Waals surface area contributed by atoms with Crippen LogP contribution in [0.1, 0.15) is 23.7 Å². The second-order valence-corrected chi connectivity index (χ2v) is 3.47. The summed E-state index contributed by atoms with van der Waals surface area (Å²) >= 11 is 0. The van der Waals surface area contributed by atoms with Crippen LogP contribution in [0.25, 0.3) is 0 Å². The number of methoxy groups -OCH3 is 1. The maximum absolute atomic E-state index is 11.7. The van der Waals surface area contributed by atoms with Gasteiger partial charge in [0.15, 0.2) is 0 Å². The molecule has 0 aliphatic heterocycles. The van der Waals surface area contributed by atoms with Crippen molar-refractivity contribution in [3.8, 4) is 11.8 Å². The zero-order chi connectivity index (χ0) is 12.0. The van der Waals surface area contributed by atoms with Crippen LogP contribution < -0.4 is 10.1 Å². The highest BCUT2D eigenvalue weighted by Gasteiger charge is 2.08. The monoisotopic (exact) mass is 218 g/mol. The lowest BCUT2D eigenvalue weighted by Gasteiger charge is -2.10. The highest BCUT2D eigenvalue weighted by molar-refractivity contribution is 5.94. The van der Waals surface area contributed by atoms with Gasteiger partial charge in [-0.2, -0.15) is 5.26 Å². The predicted octanol–water partition coefficient (Wildman–Crippen LogP) is 1.73. The quantitative estimate of drug-likeness (QED) is 0.837. The van der Waals surface area contributed by atoms with Crippen molar-refractivity contribution < 1.29 is 9.53 Å². The smallest absolute Gasteiger partial charge is 0.251 e. The summed E-state index contributed by atoms with van der Waals surface area (Å²) in [5.41, 5.74) is 0.561. The van der Waals surface area contributed by atoms with Gasteiger partial charge < -0.3 is 10.1 Å². The van der Waals surface area contributed by atoms with Crippen molar-refractivity contribution in [3.63, 3.8) is 0 Å². The van der Waals surface area contributed by atoms with Crippen molar-refractivity contribution in [2.45, 2.75) is 19.4 Å². The van der Waals surface area contributed by atoms with E-state index >= 15 is 0 Å². The van der Waals surface area contributed by atoms with Gasteiger partial charge in [-0.1, -0.05) is 0 Å². The van der Waals surface area contributed by atoms with E-state index in [9.17, 15) is 4.79 Å². The Kier molecular flexibility index (Phi) is 4.34. The molecular weight excluding hydrogens is 204 g/mol. The van der Waals surface area contributed by atoms with Gasteiger partial charge in [0.2, 0.25) is 0 Å². The molecule has 0 bridgehead atoms. The minimum Gasteiger partial charge on any atom is -0.497 e. The average Bonchev–Trinajstić information content (AvgIpc) is 2.29. The van der Waals surface area contributed by atoms with E-state index in [2.05, 4.69) is 5.32 Å². The fourth-order valence-electron chi connectivity index (χ4n) is 1.24. The fourth-order valence-corrected chi connectivity index (χ4v) is 1.24. The molecule has 4 heteroatoms. The number of rotatable bonds is 4. The normalized spacial score (nSPS) is 11.3. The van der Waals surface area contributed by atoms with E-state index in [1.165, 1.54) is 0 Å². The van der Waals surface area contributed by atoms with Crippen molar-refractivity contribution in [2.24, 2.45) is 0 Å². The molecule has 0 aliphatic rings. The first-order valence-electron chi connectivity index (χ1n) is 4.99. The molecule has 0 fully saturated rings. The summed E-state index contributed by atoms with van der Waals surface area (Å²) in [4.78, 5) is 11.7. The number of carbonyl (C=O) groups is 1. The van der Waals surface area contributed by atoms with Gasteiger partial charge in [0.1, 0.15) is 5.75 Å². The van der Waals surface area contributed by atoms with Gasteiger partial charge in [0, 0.05) is 11.6 Å². The number of hydrogen-bond acceptors (Lipinski definition) is 3. The maximum atomic E-state index is 11.7. The van der Waals surface area contributed by atoms with E-state index in [0.29, 0.717) is 17.7 Å². The lowest BCUT2D eigenvalue weighted by Crippen LogP contribution is -2.32. The fraction of sp³-hybridized carbons (Fsp3) is 0.333. The molecule has 0 spiro atoms. The number of ether oxygens (including phenoxy) is 1. The molecule has 16 heavy (non-hydrogen) atoms. The van der Waals surface area contributed by atoms with Gasteiger partial charge in [0.25, 0.3) is 5.91 Å². The Morgan fingerprint density at radius 3 is 2.62 bits per heavy atom. The zero-order valence-corrected chi connectivity index (χ0v) is 9.36. The Hall–Kier alpha value is -2.02. The van der Waals surface area contributed by atoms with Crippen LogP contribution in [0.2, 0.25) is 0 Å². The first kappa shape index (κ1) is 12.1. The third-order valence-electron chi connectivity index (χ3n) is 2.13. The Morgan fingerprint density at radius 1 is 1.50 bits per heavy atom. The van der Waals surface area contributed by atoms with Crippen LogP contribution in [0.5, 0.6) is 5.75 Å². The van der Waals surface area contributed by atoms with Gasteiger partial charge >= 0.3 is 0 Å². The number of carbonyl (C=O) groups excluding carboxylic acids is 1. The van der Waals surface area contributed by atoms with Crippen molar-refractivity contribution in [3.05, 3.63) is 29.8 Å². The number of amides is 1. The number of nitrogens with one attached hydrogen (secondary N) is 1. The topological polar surface area (TPSA) is 62.1 Å². The molecule has 0 saturated heterocycles.